The third-order valence-electron chi connectivity index (χ3n) is 5.22. The molecule has 3 rings (SSSR count). The van der Waals surface area contributed by atoms with Crippen molar-refractivity contribution in [2.75, 3.05) is 32.8 Å². The van der Waals surface area contributed by atoms with Gasteiger partial charge in [-0.1, -0.05) is 26.8 Å². The van der Waals surface area contributed by atoms with Gasteiger partial charge < -0.3 is 14.8 Å². The van der Waals surface area contributed by atoms with E-state index in [0.717, 1.165) is 36.6 Å². The summed E-state index contributed by atoms with van der Waals surface area (Å²) in [5.41, 5.74) is 1.07. The van der Waals surface area contributed by atoms with Gasteiger partial charge in [0.15, 0.2) is 11.5 Å². The van der Waals surface area contributed by atoms with Crippen LogP contribution in [0.1, 0.15) is 51.6 Å². The SMILES string of the molecule is CC(C)[C@H](NC(=O)CN1CCC[C@H](C)C1)c1ccc2c(c1)OCCCO2. The van der Waals surface area contributed by atoms with Crippen molar-refractivity contribution < 1.29 is 14.3 Å². The average molecular weight is 360 g/mol. The van der Waals surface area contributed by atoms with Crippen LogP contribution in [0.25, 0.3) is 0 Å². The molecule has 0 saturated carbocycles. The molecule has 0 bridgehead atoms. The number of nitrogens with zero attached hydrogens (tertiary/aromatic N) is 1. The van der Waals surface area contributed by atoms with Crippen molar-refractivity contribution in [2.24, 2.45) is 11.8 Å². The smallest absolute Gasteiger partial charge is 0.234 e. The lowest BCUT2D eigenvalue weighted by Gasteiger charge is -2.31. The summed E-state index contributed by atoms with van der Waals surface area (Å²) in [6.45, 7) is 10.4. The Morgan fingerprint density at radius 2 is 2.00 bits per heavy atom. The molecule has 0 aliphatic carbocycles. The first-order valence-electron chi connectivity index (χ1n) is 9.94. The molecule has 0 unspecified atom stereocenters. The third kappa shape index (κ3) is 4.91. The van der Waals surface area contributed by atoms with Crippen LogP contribution in [-0.4, -0.2) is 43.7 Å². The molecule has 1 aromatic rings. The van der Waals surface area contributed by atoms with Gasteiger partial charge in [0.2, 0.25) is 5.91 Å². The maximum Gasteiger partial charge on any atom is 0.234 e. The van der Waals surface area contributed by atoms with E-state index in [1.807, 2.05) is 18.2 Å². The van der Waals surface area contributed by atoms with Crippen LogP contribution in [0.4, 0.5) is 0 Å². The zero-order valence-electron chi connectivity index (χ0n) is 16.3. The minimum absolute atomic E-state index is 0.0260. The highest BCUT2D eigenvalue weighted by Gasteiger charge is 2.23. The molecule has 1 fully saturated rings. The Hall–Kier alpha value is -1.75. The van der Waals surface area contributed by atoms with Crippen LogP contribution in [0.2, 0.25) is 0 Å². The Bertz CT molecular complexity index is 617. The number of benzene rings is 1. The number of nitrogens with one attached hydrogen (secondary N) is 1. The Morgan fingerprint density at radius 1 is 1.23 bits per heavy atom. The van der Waals surface area contributed by atoms with Gasteiger partial charge in [-0.2, -0.15) is 0 Å². The first kappa shape index (κ1) is 19.0. The first-order valence-corrected chi connectivity index (χ1v) is 9.94. The van der Waals surface area contributed by atoms with Gasteiger partial charge in [0, 0.05) is 13.0 Å². The van der Waals surface area contributed by atoms with Crippen LogP contribution >= 0.6 is 0 Å². The minimum Gasteiger partial charge on any atom is -0.490 e. The van der Waals surface area contributed by atoms with Gasteiger partial charge in [-0.25, -0.2) is 0 Å². The molecule has 1 aromatic carbocycles. The molecule has 5 heteroatoms. The summed E-state index contributed by atoms with van der Waals surface area (Å²) >= 11 is 0. The summed E-state index contributed by atoms with van der Waals surface area (Å²) in [7, 11) is 0. The van der Waals surface area contributed by atoms with E-state index in [4.69, 9.17) is 9.47 Å². The van der Waals surface area contributed by atoms with Crippen LogP contribution in [0, 0.1) is 11.8 Å². The summed E-state index contributed by atoms with van der Waals surface area (Å²) < 4.78 is 11.5. The number of amides is 1. The topological polar surface area (TPSA) is 50.8 Å². The molecule has 0 aromatic heterocycles. The summed E-state index contributed by atoms with van der Waals surface area (Å²) in [6, 6.07) is 6.00. The molecule has 2 heterocycles. The minimum atomic E-state index is -0.0260. The van der Waals surface area contributed by atoms with E-state index in [9.17, 15) is 4.79 Å². The normalized spacial score (nSPS) is 21.9. The summed E-state index contributed by atoms with van der Waals surface area (Å²) in [4.78, 5) is 14.9. The molecular formula is C21H32N2O3. The lowest BCUT2D eigenvalue weighted by molar-refractivity contribution is -0.123. The van der Waals surface area contributed by atoms with Crippen LogP contribution in [0.5, 0.6) is 11.5 Å². The van der Waals surface area contributed by atoms with Crippen molar-refractivity contribution in [1.29, 1.82) is 0 Å². The fraction of sp³-hybridized carbons (Fsp3) is 0.667. The summed E-state index contributed by atoms with van der Waals surface area (Å²) in [6.07, 6.45) is 3.34. The summed E-state index contributed by atoms with van der Waals surface area (Å²) in [5.74, 6) is 2.65. The fourth-order valence-corrected chi connectivity index (χ4v) is 3.86. The molecule has 0 spiro atoms. The molecule has 5 nitrogen and oxygen atoms in total. The molecule has 1 saturated heterocycles. The van der Waals surface area contributed by atoms with Crippen LogP contribution in [0.3, 0.4) is 0 Å². The second-order valence-electron chi connectivity index (χ2n) is 8.03. The molecule has 2 atom stereocenters. The highest BCUT2D eigenvalue weighted by atomic mass is 16.5. The van der Waals surface area contributed by atoms with Crippen LogP contribution in [0.15, 0.2) is 18.2 Å². The number of likely N-dealkylation sites (tertiary alicyclic amines) is 1. The number of fused-ring (bicyclic) bond motifs is 1. The van der Waals surface area contributed by atoms with Crippen LogP contribution in [-0.2, 0) is 4.79 Å². The monoisotopic (exact) mass is 360 g/mol. The molecule has 1 amide bonds. The van der Waals surface area contributed by atoms with E-state index in [-0.39, 0.29) is 11.9 Å². The largest absolute Gasteiger partial charge is 0.490 e. The fourth-order valence-electron chi connectivity index (χ4n) is 3.86. The Kier molecular flexibility index (Phi) is 6.41. The van der Waals surface area contributed by atoms with Gasteiger partial charge in [0.05, 0.1) is 25.8 Å². The van der Waals surface area contributed by atoms with E-state index in [0.29, 0.717) is 31.6 Å². The molecular weight excluding hydrogens is 328 g/mol. The third-order valence-corrected chi connectivity index (χ3v) is 5.22. The first-order chi connectivity index (χ1) is 12.5. The van der Waals surface area contributed by atoms with E-state index in [1.54, 1.807) is 0 Å². The standard InChI is InChI=1S/C21H32N2O3/c1-15(2)21(22-20(24)14-23-9-4-6-16(3)13-23)17-7-8-18-19(12-17)26-11-5-10-25-18/h7-8,12,15-16,21H,4-6,9-11,13-14H2,1-3H3,(H,22,24)/t16-,21-/m0/s1. The van der Waals surface area contributed by atoms with Gasteiger partial charge in [0.1, 0.15) is 0 Å². The second kappa shape index (κ2) is 8.76. The maximum atomic E-state index is 12.6. The van der Waals surface area contributed by atoms with E-state index >= 15 is 0 Å². The number of hydrogen-bond acceptors (Lipinski definition) is 4. The molecule has 144 valence electrons. The zero-order chi connectivity index (χ0) is 18.5. The van der Waals surface area contributed by atoms with Gasteiger partial charge >= 0.3 is 0 Å². The summed E-state index contributed by atoms with van der Waals surface area (Å²) in [5, 5.41) is 3.24. The van der Waals surface area contributed by atoms with Crippen molar-refractivity contribution >= 4 is 5.91 Å². The number of ether oxygens (including phenoxy) is 2. The van der Waals surface area contributed by atoms with Gasteiger partial charge in [-0.3, -0.25) is 9.69 Å². The van der Waals surface area contributed by atoms with Crippen molar-refractivity contribution in [3.63, 3.8) is 0 Å². The lowest BCUT2D eigenvalue weighted by atomic mass is 9.95. The Labute approximate surface area is 157 Å². The number of carbonyl (C=O) groups excluding carboxylic acids is 1. The zero-order valence-corrected chi connectivity index (χ0v) is 16.3. The quantitative estimate of drug-likeness (QED) is 0.874. The number of piperidine rings is 1. The van der Waals surface area contributed by atoms with E-state index in [2.05, 4.69) is 31.0 Å². The molecule has 0 radical (unpaired) electrons. The van der Waals surface area contributed by atoms with Gasteiger partial charge in [-0.15, -0.1) is 0 Å². The average Bonchev–Trinajstić information content (AvgIpc) is 2.84. The van der Waals surface area contributed by atoms with Crippen molar-refractivity contribution in [3.8, 4) is 11.5 Å². The van der Waals surface area contributed by atoms with Crippen LogP contribution < -0.4 is 14.8 Å². The molecule has 2 aliphatic heterocycles. The predicted molar refractivity (Wildman–Crippen MR) is 103 cm³/mol. The van der Waals surface area contributed by atoms with Crippen molar-refractivity contribution in [3.05, 3.63) is 23.8 Å². The maximum absolute atomic E-state index is 12.6. The highest BCUT2D eigenvalue weighted by Crippen LogP contribution is 2.34. The van der Waals surface area contributed by atoms with Crippen molar-refractivity contribution in [1.82, 2.24) is 10.2 Å². The van der Waals surface area contributed by atoms with E-state index < -0.39 is 0 Å². The van der Waals surface area contributed by atoms with Crippen molar-refractivity contribution in [2.45, 2.75) is 46.1 Å². The lowest BCUT2D eigenvalue weighted by Crippen LogP contribution is -2.43. The molecule has 2 aliphatic rings. The molecule has 26 heavy (non-hydrogen) atoms. The van der Waals surface area contributed by atoms with Gasteiger partial charge in [0.25, 0.3) is 0 Å². The second-order valence-corrected chi connectivity index (χ2v) is 8.03. The Balaban J connectivity index is 1.67. The van der Waals surface area contributed by atoms with E-state index in [1.165, 1.54) is 12.8 Å². The number of hydrogen-bond donors (Lipinski definition) is 1. The predicted octanol–water partition coefficient (Wildman–Crippen LogP) is 3.39. The number of carbonyl (C=O) groups is 1. The van der Waals surface area contributed by atoms with Gasteiger partial charge in [-0.05, 0) is 48.9 Å². The number of rotatable bonds is 5. The molecule has 1 N–H and O–H groups in total. The highest BCUT2D eigenvalue weighted by molar-refractivity contribution is 5.78. The Morgan fingerprint density at radius 3 is 2.73 bits per heavy atom.